The van der Waals surface area contributed by atoms with E-state index in [9.17, 15) is 0 Å². The Labute approximate surface area is 132 Å². The molecule has 1 aromatic carbocycles. The number of hydrogen-bond donors (Lipinski definition) is 0. The van der Waals surface area contributed by atoms with Crippen LogP contribution >= 0.6 is 0 Å². The lowest BCUT2D eigenvalue weighted by atomic mass is 9.86. The van der Waals surface area contributed by atoms with Gasteiger partial charge in [-0.05, 0) is 43.2 Å². The zero-order valence-corrected chi connectivity index (χ0v) is 13.2. The lowest BCUT2D eigenvalue weighted by Gasteiger charge is -2.18. The van der Waals surface area contributed by atoms with Crippen molar-refractivity contribution < 1.29 is 0 Å². The quantitative estimate of drug-likeness (QED) is 0.807. The normalized spacial score (nSPS) is 24.6. The highest BCUT2D eigenvalue weighted by atomic mass is 15.3. The molecule has 0 saturated carbocycles. The minimum absolute atomic E-state index is 0.872. The molecule has 0 unspecified atom stereocenters. The van der Waals surface area contributed by atoms with Crippen molar-refractivity contribution in [2.45, 2.75) is 26.3 Å². The summed E-state index contributed by atoms with van der Waals surface area (Å²) in [7, 11) is 0. The van der Waals surface area contributed by atoms with E-state index in [4.69, 9.17) is 0 Å². The van der Waals surface area contributed by atoms with Gasteiger partial charge in [-0.2, -0.15) is 5.10 Å². The second-order valence-corrected chi connectivity index (χ2v) is 6.74. The molecular weight excluding hydrogens is 270 g/mol. The molecular formula is C19H23N3. The van der Waals surface area contributed by atoms with Gasteiger partial charge in [-0.15, -0.1) is 0 Å². The van der Waals surface area contributed by atoms with Crippen molar-refractivity contribution in [2.24, 2.45) is 11.8 Å². The van der Waals surface area contributed by atoms with Crippen molar-refractivity contribution in [1.82, 2.24) is 14.7 Å². The van der Waals surface area contributed by atoms with Crippen LogP contribution in [0.1, 0.15) is 24.0 Å². The van der Waals surface area contributed by atoms with Gasteiger partial charge < -0.3 is 0 Å². The highest BCUT2D eigenvalue weighted by molar-refractivity contribution is 5.39. The van der Waals surface area contributed by atoms with Crippen molar-refractivity contribution in [3.8, 4) is 5.69 Å². The molecule has 0 radical (unpaired) electrons. The number of likely N-dealkylation sites (tertiary alicyclic amines) is 1. The van der Waals surface area contributed by atoms with Gasteiger partial charge in [0, 0.05) is 31.4 Å². The molecule has 0 amide bonds. The fraction of sp³-hybridized carbons (Fsp3) is 0.421. The summed E-state index contributed by atoms with van der Waals surface area (Å²) in [5.74, 6) is 1.74. The number of aryl methyl sites for hydroxylation is 1. The van der Waals surface area contributed by atoms with E-state index < -0.39 is 0 Å². The number of allylic oxidation sites excluding steroid dienone is 2. The van der Waals surface area contributed by atoms with Crippen molar-refractivity contribution in [2.75, 3.05) is 13.1 Å². The fourth-order valence-corrected chi connectivity index (χ4v) is 3.89. The minimum Gasteiger partial charge on any atom is -0.298 e. The van der Waals surface area contributed by atoms with Crippen LogP contribution in [-0.2, 0) is 6.54 Å². The third kappa shape index (κ3) is 2.61. The first-order valence-corrected chi connectivity index (χ1v) is 8.26. The first kappa shape index (κ1) is 13.8. The van der Waals surface area contributed by atoms with Crippen molar-refractivity contribution in [3.05, 3.63) is 59.9 Å². The zero-order valence-electron chi connectivity index (χ0n) is 13.2. The van der Waals surface area contributed by atoms with E-state index >= 15 is 0 Å². The summed E-state index contributed by atoms with van der Waals surface area (Å²) in [5.41, 5.74) is 3.75. The zero-order chi connectivity index (χ0) is 14.9. The Kier molecular flexibility index (Phi) is 3.59. The maximum Gasteiger partial charge on any atom is 0.0674 e. The van der Waals surface area contributed by atoms with Crippen LogP contribution in [0.15, 0.2) is 48.8 Å². The summed E-state index contributed by atoms with van der Waals surface area (Å²) >= 11 is 0. The number of hydrogen-bond acceptors (Lipinski definition) is 2. The second kappa shape index (κ2) is 5.73. The Morgan fingerprint density at radius 1 is 1.09 bits per heavy atom. The first-order valence-electron chi connectivity index (χ1n) is 8.26. The Morgan fingerprint density at radius 3 is 2.55 bits per heavy atom. The molecule has 1 aliphatic carbocycles. The predicted octanol–water partition coefficient (Wildman–Crippen LogP) is 3.58. The Bertz CT molecular complexity index is 669. The van der Waals surface area contributed by atoms with Gasteiger partial charge in [0.2, 0.25) is 0 Å². The molecule has 22 heavy (non-hydrogen) atoms. The molecule has 2 atom stereocenters. The highest BCUT2D eigenvalue weighted by Gasteiger charge is 2.32. The summed E-state index contributed by atoms with van der Waals surface area (Å²) in [6.07, 6.45) is 11.5. The molecule has 0 spiro atoms. The van der Waals surface area contributed by atoms with Gasteiger partial charge in [-0.1, -0.05) is 30.4 Å². The van der Waals surface area contributed by atoms with Crippen molar-refractivity contribution in [1.29, 1.82) is 0 Å². The summed E-state index contributed by atoms with van der Waals surface area (Å²) in [6.45, 7) is 5.64. The second-order valence-electron chi connectivity index (χ2n) is 6.74. The van der Waals surface area contributed by atoms with E-state index in [0.717, 1.165) is 18.4 Å². The Hall–Kier alpha value is -1.87. The van der Waals surface area contributed by atoms with Crippen LogP contribution in [0, 0.1) is 18.8 Å². The molecule has 2 aromatic rings. The Balaban J connectivity index is 1.46. The van der Waals surface area contributed by atoms with Crippen LogP contribution in [-0.4, -0.2) is 27.8 Å². The number of fused-ring (bicyclic) bond motifs is 1. The minimum atomic E-state index is 0.872. The smallest absolute Gasteiger partial charge is 0.0674 e. The summed E-state index contributed by atoms with van der Waals surface area (Å²) in [4.78, 5) is 2.60. The average molecular weight is 293 g/mol. The molecule has 3 nitrogen and oxygen atoms in total. The Morgan fingerprint density at radius 2 is 1.82 bits per heavy atom. The third-order valence-electron chi connectivity index (χ3n) is 5.10. The van der Waals surface area contributed by atoms with Gasteiger partial charge in [-0.3, -0.25) is 4.90 Å². The van der Waals surface area contributed by atoms with E-state index in [1.807, 2.05) is 10.9 Å². The molecule has 1 aliphatic heterocycles. The fourth-order valence-electron chi connectivity index (χ4n) is 3.89. The number of para-hydroxylation sites is 1. The predicted molar refractivity (Wildman–Crippen MR) is 88.9 cm³/mol. The molecule has 2 aliphatic rings. The molecule has 4 rings (SSSR count). The third-order valence-corrected chi connectivity index (χ3v) is 5.10. The highest BCUT2D eigenvalue weighted by Crippen LogP contribution is 2.33. The van der Waals surface area contributed by atoms with E-state index in [1.54, 1.807) is 0 Å². The van der Waals surface area contributed by atoms with E-state index in [2.05, 4.69) is 59.5 Å². The summed E-state index contributed by atoms with van der Waals surface area (Å²) in [6, 6.07) is 8.40. The topological polar surface area (TPSA) is 21.1 Å². The number of aromatic nitrogens is 2. The maximum atomic E-state index is 4.56. The number of nitrogens with zero attached hydrogens (tertiary/aromatic N) is 3. The van der Waals surface area contributed by atoms with Gasteiger partial charge in [0.15, 0.2) is 0 Å². The molecule has 114 valence electrons. The number of benzene rings is 1. The van der Waals surface area contributed by atoms with Crippen LogP contribution < -0.4 is 0 Å². The maximum absolute atomic E-state index is 4.56. The molecule has 1 fully saturated rings. The van der Waals surface area contributed by atoms with E-state index in [-0.39, 0.29) is 0 Å². The molecule has 0 bridgehead atoms. The van der Waals surface area contributed by atoms with Gasteiger partial charge in [0.25, 0.3) is 0 Å². The van der Waals surface area contributed by atoms with Crippen LogP contribution in [0.3, 0.4) is 0 Å². The van der Waals surface area contributed by atoms with Crippen LogP contribution in [0.2, 0.25) is 0 Å². The van der Waals surface area contributed by atoms with Crippen LogP contribution in [0.5, 0.6) is 0 Å². The molecule has 1 aromatic heterocycles. The molecule has 2 heterocycles. The SMILES string of the molecule is Cc1ccccc1-n1cc(CN2C[C@H]3CC=CC[C@H]3C2)cn1. The van der Waals surface area contributed by atoms with Gasteiger partial charge >= 0.3 is 0 Å². The van der Waals surface area contributed by atoms with Crippen LogP contribution in [0.25, 0.3) is 5.69 Å². The lowest BCUT2D eigenvalue weighted by Crippen LogP contribution is -2.20. The molecule has 3 heteroatoms. The van der Waals surface area contributed by atoms with E-state index in [0.29, 0.717) is 0 Å². The average Bonchev–Trinajstić information content (AvgIpc) is 3.14. The summed E-state index contributed by atoms with van der Waals surface area (Å²) in [5, 5.41) is 4.56. The molecule has 1 saturated heterocycles. The molecule has 0 N–H and O–H groups in total. The standard InChI is InChI=1S/C19H23N3/c1-15-6-2-5-9-19(15)22-12-16(10-20-22)11-21-13-17-7-3-4-8-18(17)14-21/h2-6,9-10,12,17-18H,7-8,11,13-14H2,1H3/t17-,18+. The van der Waals surface area contributed by atoms with Gasteiger partial charge in [0.1, 0.15) is 0 Å². The summed E-state index contributed by atoms with van der Waals surface area (Å²) < 4.78 is 2.01. The number of rotatable bonds is 3. The monoisotopic (exact) mass is 293 g/mol. The van der Waals surface area contributed by atoms with Crippen LogP contribution in [0.4, 0.5) is 0 Å². The van der Waals surface area contributed by atoms with Gasteiger partial charge in [-0.25, -0.2) is 4.68 Å². The van der Waals surface area contributed by atoms with Crippen molar-refractivity contribution >= 4 is 0 Å². The van der Waals surface area contributed by atoms with Crippen molar-refractivity contribution in [3.63, 3.8) is 0 Å². The van der Waals surface area contributed by atoms with E-state index in [1.165, 1.54) is 42.7 Å². The van der Waals surface area contributed by atoms with Gasteiger partial charge in [0.05, 0.1) is 11.9 Å². The first-order chi connectivity index (χ1) is 10.8. The lowest BCUT2D eigenvalue weighted by molar-refractivity contribution is 0.314. The largest absolute Gasteiger partial charge is 0.298 e.